The standard InChI is InChI=1S/C21H19N3OS4/c1-14(24-10-12-25-13-11-24)19(28-20-22-15-6-2-4-8-17(15)26-20)29-21-23-16-7-3-5-9-18(16)27-21/h2-9H,10-13H2,1H3. The maximum absolute atomic E-state index is 5.55. The molecule has 1 aliphatic heterocycles. The van der Waals surface area contributed by atoms with E-state index in [2.05, 4.69) is 48.2 Å². The van der Waals surface area contributed by atoms with Crippen LogP contribution in [0.5, 0.6) is 0 Å². The highest BCUT2D eigenvalue weighted by Gasteiger charge is 2.19. The van der Waals surface area contributed by atoms with Gasteiger partial charge in [-0.1, -0.05) is 24.3 Å². The third-order valence-corrected chi connectivity index (χ3v) is 9.34. The number of rotatable bonds is 5. The molecule has 0 N–H and O–H groups in total. The summed E-state index contributed by atoms with van der Waals surface area (Å²) in [7, 11) is 0. The molecule has 8 heteroatoms. The third-order valence-electron chi connectivity index (χ3n) is 4.69. The average molecular weight is 458 g/mol. The number of nitrogens with zero attached hydrogens (tertiary/aromatic N) is 3. The van der Waals surface area contributed by atoms with Crippen LogP contribution in [0, 0.1) is 0 Å². The zero-order valence-corrected chi connectivity index (χ0v) is 19.1. The minimum Gasteiger partial charge on any atom is -0.378 e. The molecule has 0 unspecified atom stereocenters. The molecule has 1 saturated heterocycles. The first-order chi connectivity index (χ1) is 14.3. The van der Waals surface area contributed by atoms with Gasteiger partial charge in [0.05, 0.1) is 37.9 Å². The van der Waals surface area contributed by atoms with E-state index in [1.807, 2.05) is 12.1 Å². The van der Waals surface area contributed by atoms with E-state index in [9.17, 15) is 0 Å². The molecule has 0 bridgehead atoms. The number of hydrogen-bond donors (Lipinski definition) is 0. The lowest BCUT2D eigenvalue weighted by molar-refractivity contribution is 0.0538. The van der Waals surface area contributed by atoms with Crippen molar-refractivity contribution < 1.29 is 4.74 Å². The van der Waals surface area contributed by atoms with Crippen LogP contribution in [0.2, 0.25) is 0 Å². The molecule has 3 heterocycles. The van der Waals surface area contributed by atoms with Crippen LogP contribution < -0.4 is 0 Å². The van der Waals surface area contributed by atoms with Gasteiger partial charge in [0.1, 0.15) is 0 Å². The molecule has 2 aromatic carbocycles. The highest BCUT2D eigenvalue weighted by molar-refractivity contribution is 8.23. The summed E-state index contributed by atoms with van der Waals surface area (Å²) in [6.45, 7) is 5.62. The minimum atomic E-state index is 0.780. The van der Waals surface area contributed by atoms with Crippen LogP contribution in [0.25, 0.3) is 20.4 Å². The maximum atomic E-state index is 5.55. The predicted molar refractivity (Wildman–Crippen MR) is 126 cm³/mol. The quantitative estimate of drug-likeness (QED) is 0.327. The maximum Gasteiger partial charge on any atom is 0.156 e. The van der Waals surface area contributed by atoms with Gasteiger partial charge in [0.25, 0.3) is 0 Å². The summed E-state index contributed by atoms with van der Waals surface area (Å²) in [6.07, 6.45) is 0. The van der Waals surface area contributed by atoms with Gasteiger partial charge < -0.3 is 9.64 Å². The van der Waals surface area contributed by atoms with Gasteiger partial charge in [-0.15, -0.1) is 22.7 Å². The Bertz CT molecular complexity index is 1030. The molecule has 1 aliphatic rings. The summed E-state index contributed by atoms with van der Waals surface area (Å²) in [6, 6.07) is 16.7. The molecule has 4 aromatic rings. The van der Waals surface area contributed by atoms with Crippen LogP contribution >= 0.6 is 46.2 Å². The molecule has 0 atom stereocenters. The topological polar surface area (TPSA) is 38.2 Å². The number of benzene rings is 2. The highest BCUT2D eigenvalue weighted by atomic mass is 32.2. The lowest BCUT2D eigenvalue weighted by Gasteiger charge is -2.30. The van der Waals surface area contributed by atoms with E-state index in [-0.39, 0.29) is 0 Å². The van der Waals surface area contributed by atoms with Crippen molar-refractivity contribution in [3.8, 4) is 0 Å². The summed E-state index contributed by atoms with van der Waals surface area (Å²) >= 11 is 7.01. The van der Waals surface area contributed by atoms with Crippen molar-refractivity contribution in [2.75, 3.05) is 26.3 Å². The van der Waals surface area contributed by atoms with Gasteiger partial charge in [0.2, 0.25) is 0 Å². The van der Waals surface area contributed by atoms with Gasteiger partial charge in [-0.3, -0.25) is 0 Å². The molecule has 2 aromatic heterocycles. The van der Waals surface area contributed by atoms with E-state index in [1.165, 1.54) is 19.3 Å². The fourth-order valence-corrected chi connectivity index (χ4v) is 8.03. The Morgan fingerprint density at radius 3 is 1.90 bits per heavy atom. The molecule has 1 fully saturated rings. The van der Waals surface area contributed by atoms with Crippen LogP contribution in [0.15, 0.2) is 67.1 Å². The minimum absolute atomic E-state index is 0.780. The van der Waals surface area contributed by atoms with E-state index in [0.717, 1.165) is 46.0 Å². The average Bonchev–Trinajstić information content (AvgIpc) is 3.36. The molecule has 5 rings (SSSR count). The van der Waals surface area contributed by atoms with Gasteiger partial charge in [-0.25, -0.2) is 9.97 Å². The summed E-state index contributed by atoms with van der Waals surface area (Å²) in [5, 5.41) is 0. The van der Waals surface area contributed by atoms with Crippen LogP contribution in [-0.2, 0) is 4.74 Å². The zero-order chi connectivity index (χ0) is 19.6. The first-order valence-corrected chi connectivity index (χ1v) is 12.6. The number of thiazole rings is 2. The van der Waals surface area contributed by atoms with Crippen LogP contribution in [0.1, 0.15) is 6.92 Å². The summed E-state index contributed by atoms with van der Waals surface area (Å²) in [5.41, 5.74) is 3.41. The van der Waals surface area contributed by atoms with Crippen LogP contribution in [0.4, 0.5) is 0 Å². The number of allylic oxidation sites excluding steroid dienone is 1. The van der Waals surface area contributed by atoms with Crippen molar-refractivity contribution in [2.45, 2.75) is 15.6 Å². The molecular weight excluding hydrogens is 439 g/mol. The van der Waals surface area contributed by atoms with E-state index in [0.29, 0.717) is 0 Å². The lowest BCUT2D eigenvalue weighted by atomic mass is 10.3. The Balaban J connectivity index is 1.49. The van der Waals surface area contributed by atoms with Gasteiger partial charge in [0, 0.05) is 18.8 Å². The Kier molecular flexibility index (Phi) is 5.78. The van der Waals surface area contributed by atoms with Gasteiger partial charge in [-0.2, -0.15) is 0 Å². The summed E-state index contributed by atoms with van der Waals surface area (Å²) in [4.78, 5) is 12.1. The number of ether oxygens (including phenoxy) is 1. The van der Waals surface area contributed by atoms with E-state index >= 15 is 0 Å². The largest absolute Gasteiger partial charge is 0.378 e. The fraction of sp³-hybridized carbons (Fsp3) is 0.238. The number of thioether (sulfide) groups is 2. The summed E-state index contributed by atoms with van der Waals surface area (Å²) < 4.78 is 11.4. The molecule has 4 nitrogen and oxygen atoms in total. The molecule has 29 heavy (non-hydrogen) atoms. The number of aromatic nitrogens is 2. The molecule has 148 valence electrons. The van der Waals surface area contributed by atoms with Gasteiger partial charge >= 0.3 is 0 Å². The van der Waals surface area contributed by atoms with E-state index < -0.39 is 0 Å². The van der Waals surface area contributed by atoms with Gasteiger partial charge in [0.15, 0.2) is 8.68 Å². The van der Waals surface area contributed by atoms with E-state index in [4.69, 9.17) is 14.7 Å². The Labute approximate surface area is 186 Å². The second-order valence-electron chi connectivity index (χ2n) is 6.57. The molecule has 0 radical (unpaired) electrons. The Morgan fingerprint density at radius 2 is 1.38 bits per heavy atom. The summed E-state index contributed by atoms with van der Waals surface area (Å²) in [5.74, 6) is 0. The van der Waals surface area contributed by atoms with Crippen molar-refractivity contribution in [1.82, 2.24) is 14.9 Å². The number of hydrogen-bond acceptors (Lipinski definition) is 8. The van der Waals surface area contributed by atoms with Crippen LogP contribution in [0.3, 0.4) is 0 Å². The molecular formula is C21H19N3OS4. The zero-order valence-electron chi connectivity index (χ0n) is 15.8. The van der Waals surface area contributed by atoms with Crippen LogP contribution in [-0.4, -0.2) is 41.2 Å². The highest BCUT2D eigenvalue weighted by Crippen LogP contribution is 2.45. The van der Waals surface area contributed by atoms with E-state index in [1.54, 1.807) is 46.2 Å². The first kappa shape index (κ1) is 19.4. The molecule has 0 amide bonds. The predicted octanol–water partition coefficient (Wildman–Crippen LogP) is 6.31. The fourth-order valence-electron chi connectivity index (χ4n) is 3.14. The smallest absolute Gasteiger partial charge is 0.156 e. The SMILES string of the molecule is CC(=C(Sc1nc2ccccc2s1)Sc1nc2ccccc2s1)N1CCOCC1. The van der Waals surface area contributed by atoms with Crippen molar-refractivity contribution in [3.63, 3.8) is 0 Å². The normalized spacial score (nSPS) is 14.6. The number of fused-ring (bicyclic) bond motifs is 2. The van der Waals surface area contributed by atoms with Gasteiger partial charge in [-0.05, 0) is 54.7 Å². The number of morpholine rings is 1. The molecule has 0 saturated carbocycles. The monoisotopic (exact) mass is 457 g/mol. The Morgan fingerprint density at radius 1 is 0.862 bits per heavy atom. The first-order valence-electron chi connectivity index (χ1n) is 9.37. The molecule has 0 spiro atoms. The van der Waals surface area contributed by atoms with Crippen molar-refractivity contribution in [3.05, 3.63) is 58.5 Å². The third kappa shape index (κ3) is 4.32. The van der Waals surface area contributed by atoms with Crippen molar-refractivity contribution >= 4 is 66.6 Å². The molecule has 0 aliphatic carbocycles. The number of para-hydroxylation sites is 2. The second-order valence-corrected chi connectivity index (χ2v) is 11.4. The van der Waals surface area contributed by atoms with Crippen molar-refractivity contribution in [1.29, 1.82) is 0 Å². The lowest BCUT2D eigenvalue weighted by Crippen LogP contribution is -2.35. The second kappa shape index (κ2) is 8.65. The van der Waals surface area contributed by atoms with Crippen molar-refractivity contribution in [2.24, 2.45) is 0 Å². The Hall–Kier alpha value is -1.58.